The maximum Gasteiger partial charge on any atom is 0.420 e. The summed E-state index contributed by atoms with van der Waals surface area (Å²) in [6.07, 6.45) is -0.573. The Balaban J connectivity index is 1.53. The largest absolute Gasteiger partial charge is 0.420 e. The van der Waals surface area contributed by atoms with E-state index < -0.39 is 33.4 Å². The van der Waals surface area contributed by atoms with E-state index in [0.29, 0.717) is 19.0 Å². The van der Waals surface area contributed by atoms with Crippen LogP contribution in [0, 0.1) is 0 Å². The molecule has 4 rings (SSSR count). The van der Waals surface area contributed by atoms with Gasteiger partial charge in [-0.3, -0.25) is 4.79 Å². The molecule has 1 aliphatic heterocycles. The van der Waals surface area contributed by atoms with Gasteiger partial charge in [-0.25, -0.2) is 28.4 Å². The number of nitrogens with one attached hydrogen (secondary N) is 1. The first-order chi connectivity index (χ1) is 16.0. The molecule has 0 unspecified atom stereocenters. The van der Waals surface area contributed by atoms with Crippen molar-refractivity contribution in [2.75, 3.05) is 18.4 Å². The number of rotatable bonds is 6. The molecule has 1 amide bonds. The number of aromatic nitrogens is 5. The Morgan fingerprint density at radius 2 is 1.94 bits per heavy atom. The number of imidazole rings is 1. The van der Waals surface area contributed by atoms with Crippen molar-refractivity contribution in [1.82, 2.24) is 28.8 Å². The summed E-state index contributed by atoms with van der Waals surface area (Å²) in [7, 11) is -2.07. The van der Waals surface area contributed by atoms with Gasteiger partial charge in [-0.1, -0.05) is 0 Å². The standard InChI is InChI=1S/C18H19F3N8O3S2/c1-28-7-12(24-8-28)34(31,32)29-4-2-10(3-5-29)26-17-23-6-11(18(19,20)21)13(27-17)15-14(16(22)30)25-9-33-15/h6-10H,2-5H2,1H3,(H2,22,30)(H,23,26,27). The molecular formula is C18H19F3N8O3S2. The van der Waals surface area contributed by atoms with E-state index in [1.54, 1.807) is 7.05 Å². The van der Waals surface area contributed by atoms with Crippen LogP contribution >= 0.6 is 11.3 Å². The minimum atomic E-state index is -4.77. The van der Waals surface area contributed by atoms with Crippen LogP contribution in [0.3, 0.4) is 0 Å². The van der Waals surface area contributed by atoms with Gasteiger partial charge in [0, 0.05) is 38.6 Å². The van der Waals surface area contributed by atoms with Gasteiger partial charge in [0.05, 0.1) is 16.7 Å². The van der Waals surface area contributed by atoms with Crippen LogP contribution in [0.15, 0.2) is 29.3 Å². The van der Waals surface area contributed by atoms with Crippen molar-refractivity contribution >= 4 is 33.2 Å². The lowest BCUT2D eigenvalue weighted by atomic mass is 10.1. The minimum absolute atomic E-state index is 0.0491. The molecule has 0 aliphatic carbocycles. The molecule has 16 heteroatoms. The Bertz CT molecular complexity index is 1310. The van der Waals surface area contributed by atoms with E-state index in [9.17, 15) is 26.4 Å². The molecule has 182 valence electrons. The van der Waals surface area contributed by atoms with Crippen molar-refractivity contribution in [3.05, 3.63) is 35.5 Å². The van der Waals surface area contributed by atoms with Gasteiger partial charge < -0.3 is 15.6 Å². The highest BCUT2D eigenvalue weighted by Gasteiger charge is 2.37. The number of piperidine rings is 1. The maximum atomic E-state index is 13.6. The summed E-state index contributed by atoms with van der Waals surface area (Å²) in [5.74, 6) is -1.06. The maximum absolute atomic E-state index is 13.6. The summed E-state index contributed by atoms with van der Waals surface area (Å²) in [4.78, 5) is 26.9. The summed E-state index contributed by atoms with van der Waals surface area (Å²) >= 11 is 0.808. The Hall–Kier alpha value is -3.11. The van der Waals surface area contributed by atoms with Crippen molar-refractivity contribution in [2.45, 2.75) is 30.1 Å². The molecular weight excluding hydrogens is 497 g/mol. The van der Waals surface area contributed by atoms with Crippen molar-refractivity contribution in [3.8, 4) is 10.6 Å². The third kappa shape index (κ3) is 4.74. The highest BCUT2D eigenvalue weighted by molar-refractivity contribution is 7.89. The molecule has 0 aromatic carbocycles. The lowest BCUT2D eigenvalue weighted by Gasteiger charge is -2.31. The van der Waals surface area contributed by atoms with E-state index in [0.717, 1.165) is 11.3 Å². The summed E-state index contributed by atoms with van der Waals surface area (Å²) in [6.45, 7) is 0.371. The highest BCUT2D eigenvalue weighted by Crippen LogP contribution is 2.38. The Kier molecular flexibility index (Phi) is 6.30. The molecule has 3 aromatic rings. The summed E-state index contributed by atoms with van der Waals surface area (Å²) < 4.78 is 69.0. The van der Waals surface area contributed by atoms with Gasteiger partial charge in [-0.15, -0.1) is 11.3 Å². The van der Waals surface area contributed by atoms with Gasteiger partial charge in [0.25, 0.3) is 15.9 Å². The van der Waals surface area contributed by atoms with Gasteiger partial charge in [0.2, 0.25) is 5.95 Å². The van der Waals surface area contributed by atoms with Gasteiger partial charge in [0.15, 0.2) is 5.03 Å². The lowest BCUT2D eigenvalue weighted by Crippen LogP contribution is -2.42. The number of nitrogens with two attached hydrogens (primary N) is 1. The summed E-state index contributed by atoms with van der Waals surface area (Å²) in [5, 5.41) is 2.91. The zero-order chi connectivity index (χ0) is 24.7. The SMILES string of the molecule is Cn1cnc(S(=O)(=O)N2CCC(Nc3ncc(C(F)(F)F)c(-c4scnc4C(N)=O)n3)CC2)c1. The van der Waals surface area contributed by atoms with E-state index in [1.807, 2.05) is 0 Å². The molecule has 0 radical (unpaired) electrons. The molecule has 1 fully saturated rings. The van der Waals surface area contributed by atoms with Gasteiger partial charge in [-0.2, -0.15) is 17.5 Å². The molecule has 1 saturated heterocycles. The fourth-order valence-electron chi connectivity index (χ4n) is 3.50. The second-order valence-electron chi connectivity index (χ2n) is 7.55. The zero-order valence-electron chi connectivity index (χ0n) is 17.7. The smallest absolute Gasteiger partial charge is 0.364 e. The predicted octanol–water partition coefficient (Wildman–Crippen LogP) is 1.72. The number of nitrogens with zero attached hydrogens (tertiary/aromatic N) is 6. The molecule has 34 heavy (non-hydrogen) atoms. The lowest BCUT2D eigenvalue weighted by molar-refractivity contribution is -0.137. The number of carbonyl (C=O) groups excluding carboxylic acids is 1. The minimum Gasteiger partial charge on any atom is -0.364 e. The van der Waals surface area contributed by atoms with E-state index in [2.05, 4.69) is 25.3 Å². The third-order valence-electron chi connectivity index (χ3n) is 5.18. The first-order valence-electron chi connectivity index (χ1n) is 9.89. The Morgan fingerprint density at radius 3 is 2.53 bits per heavy atom. The monoisotopic (exact) mass is 516 g/mol. The Morgan fingerprint density at radius 1 is 1.24 bits per heavy atom. The van der Waals surface area contributed by atoms with Crippen molar-refractivity contribution < 1.29 is 26.4 Å². The van der Waals surface area contributed by atoms with Crippen LogP contribution in [0.25, 0.3) is 10.6 Å². The van der Waals surface area contributed by atoms with Gasteiger partial charge in [0.1, 0.15) is 17.0 Å². The van der Waals surface area contributed by atoms with E-state index in [-0.39, 0.29) is 40.7 Å². The number of aryl methyl sites for hydroxylation is 1. The van der Waals surface area contributed by atoms with Crippen LogP contribution in [0.5, 0.6) is 0 Å². The topological polar surface area (TPSA) is 149 Å². The summed E-state index contributed by atoms with van der Waals surface area (Å²) in [6, 6.07) is -0.281. The fraction of sp³-hybridized carbons (Fsp3) is 0.389. The number of amides is 1. The second-order valence-corrected chi connectivity index (χ2v) is 10.3. The molecule has 3 aromatic heterocycles. The molecule has 0 bridgehead atoms. The molecule has 11 nitrogen and oxygen atoms in total. The van der Waals surface area contributed by atoms with Crippen LogP contribution in [-0.4, -0.2) is 62.3 Å². The van der Waals surface area contributed by atoms with E-state index >= 15 is 0 Å². The Labute approximate surface area is 195 Å². The van der Waals surface area contributed by atoms with Gasteiger partial charge >= 0.3 is 6.18 Å². The first kappa shape index (κ1) is 24.0. The van der Waals surface area contributed by atoms with Crippen molar-refractivity contribution in [3.63, 3.8) is 0 Å². The van der Waals surface area contributed by atoms with Crippen LogP contribution in [-0.2, 0) is 23.2 Å². The number of thiazole rings is 1. The molecule has 4 heterocycles. The zero-order valence-corrected chi connectivity index (χ0v) is 19.3. The van der Waals surface area contributed by atoms with Crippen LogP contribution in [0.4, 0.5) is 19.1 Å². The molecule has 3 N–H and O–H groups in total. The molecule has 0 saturated carbocycles. The van der Waals surface area contributed by atoms with Crippen molar-refractivity contribution in [2.24, 2.45) is 12.8 Å². The van der Waals surface area contributed by atoms with Crippen molar-refractivity contribution in [1.29, 1.82) is 0 Å². The first-order valence-corrected chi connectivity index (χ1v) is 12.2. The number of carbonyl (C=O) groups is 1. The number of anilines is 1. The molecule has 0 atom stereocenters. The fourth-order valence-corrected chi connectivity index (χ4v) is 5.73. The molecule has 0 spiro atoms. The number of primary amides is 1. The number of hydrogen-bond acceptors (Lipinski definition) is 9. The third-order valence-corrected chi connectivity index (χ3v) is 7.80. The highest BCUT2D eigenvalue weighted by atomic mass is 32.2. The number of sulfonamides is 1. The second kappa shape index (κ2) is 8.92. The predicted molar refractivity (Wildman–Crippen MR) is 115 cm³/mol. The van der Waals surface area contributed by atoms with Gasteiger partial charge in [-0.05, 0) is 12.8 Å². The quantitative estimate of drug-likeness (QED) is 0.503. The normalized spacial score (nSPS) is 16.0. The van der Waals surface area contributed by atoms with E-state index in [1.165, 1.54) is 26.9 Å². The average Bonchev–Trinajstić information content (AvgIpc) is 3.43. The average molecular weight is 517 g/mol. The van der Waals surface area contributed by atoms with Crippen LogP contribution in [0.2, 0.25) is 0 Å². The summed E-state index contributed by atoms with van der Waals surface area (Å²) in [5.41, 5.74) is 4.51. The van der Waals surface area contributed by atoms with Crippen LogP contribution in [0.1, 0.15) is 28.9 Å². The number of hydrogen-bond donors (Lipinski definition) is 2. The number of halogens is 3. The number of alkyl halides is 3. The van der Waals surface area contributed by atoms with E-state index in [4.69, 9.17) is 5.73 Å². The molecule has 1 aliphatic rings. The van der Waals surface area contributed by atoms with Crippen LogP contribution < -0.4 is 11.1 Å².